The number of pyridine rings is 1. The second-order valence-corrected chi connectivity index (χ2v) is 6.40. The molecule has 1 saturated heterocycles. The molecule has 1 fully saturated rings. The molecule has 0 saturated carbocycles. The van der Waals surface area contributed by atoms with Gasteiger partial charge in [-0.15, -0.1) is 0 Å². The van der Waals surface area contributed by atoms with Gasteiger partial charge in [0.05, 0.1) is 5.56 Å². The maximum Gasteiger partial charge on any atom is 0.150 e. The van der Waals surface area contributed by atoms with Crippen molar-refractivity contribution in [3.05, 3.63) is 22.9 Å². The van der Waals surface area contributed by atoms with E-state index in [1.807, 2.05) is 0 Å². The van der Waals surface area contributed by atoms with Crippen molar-refractivity contribution in [3.8, 4) is 0 Å². The van der Waals surface area contributed by atoms with Crippen molar-refractivity contribution in [2.75, 3.05) is 38.7 Å². The fourth-order valence-corrected chi connectivity index (χ4v) is 3.13. The molecule has 0 amide bonds. The Morgan fingerprint density at radius 3 is 2.67 bits per heavy atom. The zero-order valence-corrected chi connectivity index (χ0v) is 13.4. The Labute approximate surface area is 131 Å². The Bertz CT molecular complexity index is 537. The number of nitrogens with one attached hydrogen (secondary N) is 1. The number of piperazine rings is 1. The molecule has 1 aromatic rings. The number of likely N-dealkylation sites (N-methyl/N-ethyl adjacent to an activating group) is 1. The van der Waals surface area contributed by atoms with Crippen LogP contribution in [0.25, 0.3) is 0 Å². The first-order chi connectivity index (χ1) is 10.1. The van der Waals surface area contributed by atoms with Gasteiger partial charge in [-0.05, 0) is 44.4 Å². The molecule has 2 heterocycles. The van der Waals surface area contributed by atoms with Crippen molar-refractivity contribution in [3.63, 3.8) is 0 Å². The van der Waals surface area contributed by atoms with Crippen molar-refractivity contribution in [2.45, 2.75) is 25.7 Å². The van der Waals surface area contributed by atoms with Crippen LogP contribution in [-0.2, 0) is 12.8 Å². The quantitative estimate of drug-likeness (QED) is 0.818. The number of aromatic nitrogens is 1. The second-order valence-electron chi connectivity index (χ2n) is 5.96. The summed E-state index contributed by atoms with van der Waals surface area (Å²) in [5.41, 5.74) is 12.7. The van der Waals surface area contributed by atoms with Gasteiger partial charge in [0, 0.05) is 31.9 Å². The van der Waals surface area contributed by atoms with Crippen molar-refractivity contribution < 1.29 is 0 Å². The van der Waals surface area contributed by atoms with Gasteiger partial charge >= 0.3 is 0 Å². The number of rotatable bonds is 3. The lowest BCUT2D eigenvalue weighted by Crippen LogP contribution is -2.47. The summed E-state index contributed by atoms with van der Waals surface area (Å²) in [7, 11) is 2.15. The normalized spacial score (nSPS) is 20.0. The monoisotopic (exact) mass is 305 g/mol. The van der Waals surface area contributed by atoms with Gasteiger partial charge in [0.25, 0.3) is 0 Å². The first-order valence-electron chi connectivity index (χ1n) is 7.66. The molecule has 2 aliphatic rings. The minimum atomic E-state index is 0.424. The summed E-state index contributed by atoms with van der Waals surface area (Å²) in [6.07, 6.45) is 4.61. The van der Waals surface area contributed by atoms with E-state index in [4.69, 9.17) is 22.9 Å². The summed E-state index contributed by atoms with van der Waals surface area (Å²) in [6, 6.07) is 2.14. The molecule has 0 unspecified atom stereocenters. The highest BCUT2D eigenvalue weighted by Crippen LogP contribution is 2.25. The Hall–Kier alpha value is -1.24. The van der Waals surface area contributed by atoms with Crippen LogP contribution in [0.15, 0.2) is 6.07 Å². The number of hydrogen-bond donors (Lipinski definition) is 2. The third-order valence-corrected chi connectivity index (χ3v) is 4.55. The molecule has 0 spiro atoms. The van der Waals surface area contributed by atoms with Crippen LogP contribution in [0.5, 0.6) is 0 Å². The Morgan fingerprint density at radius 2 is 1.95 bits per heavy atom. The smallest absolute Gasteiger partial charge is 0.150 e. The van der Waals surface area contributed by atoms with Crippen molar-refractivity contribution in [2.24, 2.45) is 5.73 Å². The van der Waals surface area contributed by atoms with Crippen LogP contribution >= 0.6 is 12.2 Å². The van der Waals surface area contributed by atoms with E-state index in [1.54, 1.807) is 0 Å². The average Bonchev–Trinajstić information content (AvgIpc) is 2.48. The number of hydrazine groups is 1. The highest BCUT2D eigenvalue weighted by molar-refractivity contribution is 7.80. The van der Waals surface area contributed by atoms with Crippen LogP contribution in [0.3, 0.4) is 0 Å². The molecule has 1 aliphatic carbocycles. The number of anilines is 1. The van der Waals surface area contributed by atoms with E-state index in [9.17, 15) is 0 Å². The van der Waals surface area contributed by atoms with E-state index in [2.05, 4.69) is 28.4 Å². The molecule has 0 aromatic carbocycles. The summed E-state index contributed by atoms with van der Waals surface area (Å²) >= 11 is 5.21. The highest BCUT2D eigenvalue weighted by atomic mass is 32.1. The third kappa shape index (κ3) is 3.33. The zero-order chi connectivity index (χ0) is 14.8. The predicted octanol–water partition coefficient (Wildman–Crippen LogP) is 1.17. The summed E-state index contributed by atoms with van der Waals surface area (Å²) in [6.45, 7) is 4.07. The molecule has 0 radical (unpaired) electrons. The average molecular weight is 305 g/mol. The number of nitrogens with two attached hydrogens (primary N) is 1. The zero-order valence-electron chi connectivity index (χ0n) is 12.6. The van der Waals surface area contributed by atoms with E-state index in [1.165, 1.54) is 24.1 Å². The lowest BCUT2D eigenvalue weighted by Gasteiger charge is -2.33. The van der Waals surface area contributed by atoms with Crippen molar-refractivity contribution in [1.29, 1.82) is 0 Å². The molecular formula is C15H23N5S. The molecule has 21 heavy (non-hydrogen) atoms. The maximum absolute atomic E-state index is 5.90. The van der Waals surface area contributed by atoms with Gasteiger partial charge in [0.1, 0.15) is 4.99 Å². The summed E-state index contributed by atoms with van der Waals surface area (Å²) < 4.78 is 0. The Kier molecular flexibility index (Phi) is 4.37. The fraction of sp³-hybridized carbons (Fsp3) is 0.600. The molecule has 114 valence electrons. The predicted molar refractivity (Wildman–Crippen MR) is 89.5 cm³/mol. The van der Waals surface area contributed by atoms with Crippen LogP contribution in [0.2, 0.25) is 0 Å². The fourth-order valence-electron chi connectivity index (χ4n) is 2.97. The number of fused-ring (bicyclic) bond motifs is 1. The molecule has 1 aliphatic heterocycles. The molecule has 6 heteroatoms. The first kappa shape index (κ1) is 14.7. The lowest BCUT2D eigenvalue weighted by atomic mass is 9.95. The Balaban J connectivity index is 1.84. The molecule has 3 rings (SSSR count). The van der Waals surface area contributed by atoms with E-state index < -0.39 is 0 Å². The Morgan fingerprint density at radius 1 is 1.24 bits per heavy atom. The van der Waals surface area contributed by atoms with E-state index in [-0.39, 0.29) is 0 Å². The van der Waals surface area contributed by atoms with Crippen LogP contribution in [0.1, 0.15) is 29.7 Å². The van der Waals surface area contributed by atoms with Gasteiger partial charge < -0.3 is 16.1 Å². The topological polar surface area (TPSA) is 57.4 Å². The number of aryl methyl sites for hydroxylation is 2. The summed E-state index contributed by atoms with van der Waals surface area (Å²) in [4.78, 5) is 7.56. The van der Waals surface area contributed by atoms with Crippen molar-refractivity contribution >= 4 is 23.0 Å². The lowest BCUT2D eigenvalue weighted by molar-refractivity contribution is 0.178. The third-order valence-electron chi connectivity index (χ3n) is 4.33. The summed E-state index contributed by atoms with van der Waals surface area (Å²) in [5.74, 6) is 0.827. The molecule has 5 nitrogen and oxygen atoms in total. The standard InChI is InChI=1S/C15H23N5S/c1-19-6-8-20(9-7-19)18-15-12(14(16)21)10-11-4-2-3-5-13(11)17-15/h10H,2-9H2,1H3,(H2,16,21)(H,17,18). The van der Waals surface area contributed by atoms with Gasteiger partial charge in [0.2, 0.25) is 0 Å². The van der Waals surface area contributed by atoms with E-state index in [0.29, 0.717) is 4.99 Å². The van der Waals surface area contributed by atoms with Gasteiger partial charge in [0.15, 0.2) is 5.82 Å². The van der Waals surface area contributed by atoms with Gasteiger partial charge in [-0.25, -0.2) is 9.99 Å². The SMILES string of the molecule is CN1CCN(Nc2nc3c(cc2C(N)=S)CCCC3)CC1. The number of thiocarbonyl (C=S) groups is 1. The second kappa shape index (κ2) is 6.25. The number of hydrogen-bond acceptors (Lipinski definition) is 5. The summed E-state index contributed by atoms with van der Waals surface area (Å²) in [5, 5.41) is 2.21. The van der Waals surface area contributed by atoms with Crippen LogP contribution in [-0.4, -0.2) is 53.1 Å². The van der Waals surface area contributed by atoms with Crippen molar-refractivity contribution in [1.82, 2.24) is 14.9 Å². The van der Waals surface area contributed by atoms with Crippen LogP contribution in [0, 0.1) is 0 Å². The molecular weight excluding hydrogens is 282 g/mol. The maximum atomic E-state index is 5.90. The molecule has 3 N–H and O–H groups in total. The number of nitrogens with zero attached hydrogens (tertiary/aromatic N) is 3. The minimum Gasteiger partial charge on any atom is -0.389 e. The highest BCUT2D eigenvalue weighted by Gasteiger charge is 2.19. The molecule has 1 aromatic heterocycles. The van der Waals surface area contributed by atoms with Gasteiger partial charge in [-0.3, -0.25) is 0 Å². The first-order valence-corrected chi connectivity index (χ1v) is 8.07. The van der Waals surface area contributed by atoms with E-state index in [0.717, 1.165) is 50.4 Å². The van der Waals surface area contributed by atoms with E-state index >= 15 is 0 Å². The minimum absolute atomic E-state index is 0.424. The van der Waals surface area contributed by atoms with Gasteiger partial charge in [-0.1, -0.05) is 12.2 Å². The molecule has 0 bridgehead atoms. The van der Waals surface area contributed by atoms with Crippen LogP contribution < -0.4 is 11.2 Å². The largest absolute Gasteiger partial charge is 0.389 e. The molecule has 0 atom stereocenters. The van der Waals surface area contributed by atoms with Crippen LogP contribution in [0.4, 0.5) is 5.82 Å². The van der Waals surface area contributed by atoms with Gasteiger partial charge in [-0.2, -0.15) is 0 Å².